The topological polar surface area (TPSA) is 0 Å². The van der Waals surface area contributed by atoms with Crippen molar-refractivity contribution in [3.05, 3.63) is 72.3 Å². The second-order valence-electron chi connectivity index (χ2n) is 11.2. The summed E-state index contributed by atoms with van der Waals surface area (Å²) in [6.45, 7) is 2.30. The monoisotopic (exact) mass is 558 g/mol. The van der Waals surface area contributed by atoms with Gasteiger partial charge in [0, 0.05) is 4.83 Å². The molecule has 0 aliphatic heterocycles. The van der Waals surface area contributed by atoms with Crippen LogP contribution < -0.4 is 0 Å². The van der Waals surface area contributed by atoms with E-state index < -0.39 is 0 Å². The van der Waals surface area contributed by atoms with E-state index >= 15 is 0 Å². The van der Waals surface area contributed by atoms with Crippen LogP contribution in [0.2, 0.25) is 0 Å². The number of benzene rings is 4. The number of hydrogen-bond donors (Lipinski definition) is 0. The summed E-state index contributed by atoms with van der Waals surface area (Å²) < 4.78 is 0. The minimum absolute atomic E-state index is 0.638. The molecule has 0 heterocycles. The number of hydrogen-bond acceptors (Lipinski definition) is 0. The third-order valence-electron chi connectivity index (χ3n) is 8.09. The van der Waals surface area contributed by atoms with Crippen LogP contribution in [0, 0.1) is 0 Å². The van der Waals surface area contributed by atoms with Crippen molar-refractivity contribution < 1.29 is 0 Å². The maximum absolute atomic E-state index is 3.97. The van der Waals surface area contributed by atoms with Gasteiger partial charge < -0.3 is 0 Å². The van der Waals surface area contributed by atoms with E-state index in [0.717, 1.165) is 6.42 Å². The van der Waals surface area contributed by atoms with Gasteiger partial charge in [-0.2, -0.15) is 0 Å². The molecule has 0 aliphatic rings. The fourth-order valence-electron chi connectivity index (χ4n) is 5.75. The predicted octanol–water partition coefficient (Wildman–Crippen LogP) is 12.3. The van der Waals surface area contributed by atoms with Crippen molar-refractivity contribution in [3.63, 3.8) is 0 Å². The van der Waals surface area contributed by atoms with Gasteiger partial charge in [0.15, 0.2) is 0 Å². The lowest BCUT2D eigenvalue weighted by molar-refractivity contribution is 0.532. The minimum Gasteiger partial charge on any atom is -0.0891 e. The average molecular weight is 560 g/mol. The molecule has 37 heavy (non-hydrogen) atoms. The number of aryl methyl sites for hydroxylation is 1. The summed E-state index contributed by atoms with van der Waals surface area (Å²) in [5.74, 6) is 0. The molecule has 0 saturated heterocycles. The number of fused-ring (bicyclic) bond motifs is 3. The van der Waals surface area contributed by atoms with Crippen molar-refractivity contribution in [3.8, 4) is 0 Å². The van der Waals surface area contributed by atoms with Gasteiger partial charge in [0.25, 0.3) is 0 Å². The van der Waals surface area contributed by atoms with Gasteiger partial charge in [-0.15, -0.1) is 0 Å². The SMILES string of the molecule is CCCCCCCCCCCCCCCC(Br)CCc1ccc2cc3cc4ccccc4cc3cc2c1. The highest BCUT2D eigenvalue weighted by Gasteiger charge is 2.07. The Hall–Kier alpha value is -1.86. The van der Waals surface area contributed by atoms with Gasteiger partial charge in [0.1, 0.15) is 0 Å². The van der Waals surface area contributed by atoms with Crippen molar-refractivity contribution >= 4 is 48.2 Å². The van der Waals surface area contributed by atoms with E-state index in [9.17, 15) is 0 Å². The van der Waals surface area contributed by atoms with E-state index in [0.29, 0.717) is 4.83 Å². The van der Waals surface area contributed by atoms with Crippen molar-refractivity contribution in [1.29, 1.82) is 0 Å². The molecule has 4 aromatic rings. The summed E-state index contributed by atoms with van der Waals surface area (Å²) in [7, 11) is 0. The average Bonchev–Trinajstić information content (AvgIpc) is 2.92. The first-order chi connectivity index (χ1) is 18.2. The normalized spacial score (nSPS) is 12.6. The Balaban J connectivity index is 1.12. The van der Waals surface area contributed by atoms with E-state index in [-0.39, 0.29) is 0 Å². The number of rotatable bonds is 17. The highest BCUT2D eigenvalue weighted by molar-refractivity contribution is 9.09. The van der Waals surface area contributed by atoms with E-state index in [2.05, 4.69) is 89.6 Å². The molecule has 0 nitrogen and oxygen atoms in total. The van der Waals surface area contributed by atoms with Crippen LogP contribution in [0.3, 0.4) is 0 Å². The number of halogens is 1. The van der Waals surface area contributed by atoms with Crippen LogP contribution in [0.4, 0.5) is 0 Å². The van der Waals surface area contributed by atoms with E-state index in [1.807, 2.05) is 0 Å². The Morgan fingerprint density at radius 1 is 0.486 bits per heavy atom. The molecule has 0 bridgehead atoms. The third kappa shape index (κ3) is 9.13. The minimum atomic E-state index is 0.638. The van der Waals surface area contributed by atoms with Gasteiger partial charge >= 0.3 is 0 Å². The van der Waals surface area contributed by atoms with E-state index in [1.54, 1.807) is 0 Å². The molecular formula is C36H47Br. The maximum atomic E-state index is 3.97. The first-order valence-electron chi connectivity index (χ1n) is 15.2. The molecule has 198 valence electrons. The van der Waals surface area contributed by atoms with Crippen molar-refractivity contribution in [2.75, 3.05) is 0 Å². The molecule has 0 amide bonds. The van der Waals surface area contributed by atoms with Gasteiger partial charge in [-0.05, 0) is 81.4 Å². The van der Waals surface area contributed by atoms with Crippen LogP contribution in [0.15, 0.2) is 66.7 Å². The van der Waals surface area contributed by atoms with Crippen LogP contribution in [0.1, 0.15) is 109 Å². The van der Waals surface area contributed by atoms with Gasteiger partial charge in [-0.3, -0.25) is 0 Å². The molecule has 4 rings (SSSR count). The molecular weight excluding hydrogens is 512 g/mol. The smallest absolute Gasteiger partial charge is 0.0149 e. The fourth-order valence-corrected chi connectivity index (χ4v) is 6.30. The zero-order chi connectivity index (χ0) is 25.7. The second kappa shape index (κ2) is 15.5. The lowest BCUT2D eigenvalue weighted by atomic mass is 9.97. The zero-order valence-corrected chi connectivity index (χ0v) is 24.7. The first kappa shape index (κ1) is 28.2. The van der Waals surface area contributed by atoms with Crippen LogP contribution in [-0.4, -0.2) is 4.83 Å². The van der Waals surface area contributed by atoms with Gasteiger partial charge in [-0.25, -0.2) is 0 Å². The maximum Gasteiger partial charge on any atom is 0.0149 e. The van der Waals surface area contributed by atoms with Gasteiger partial charge in [0.05, 0.1) is 0 Å². The summed E-state index contributed by atoms with van der Waals surface area (Å²) in [4.78, 5) is 0.638. The fraction of sp³-hybridized carbons (Fsp3) is 0.500. The van der Waals surface area contributed by atoms with Gasteiger partial charge in [0.2, 0.25) is 0 Å². The van der Waals surface area contributed by atoms with Gasteiger partial charge in [-0.1, -0.05) is 149 Å². The Kier molecular flexibility index (Phi) is 11.8. The standard InChI is InChI=1S/C36H47Br/c1-2-3-4-5-6-7-8-9-10-11-12-13-14-19-36(37)23-21-29-20-22-32-27-34-25-30-17-15-16-18-31(30)26-35(34)28-33(32)24-29/h15-18,20,22,24-28,36H,2-14,19,21,23H2,1H3. The lowest BCUT2D eigenvalue weighted by Gasteiger charge is -2.11. The molecule has 0 radical (unpaired) electrons. The van der Waals surface area contributed by atoms with E-state index in [4.69, 9.17) is 0 Å². The molecule has 0 aliphatic carbocycles. The van der Waals surface area contributed by atoms with Crippen molar-refractivity contribution in [1.82, 2.24) is 0 Å². The molecule has 0 aromatic heterocycles. The Labute approximate surface area is 234 Å². The Morgan fingerprint density at radius 2 is 0.946 bits per heavy atom. The molecule has 0 fully saturated rings. The third-order valence-corrected chi connectivity index (χ3v) is 9.01. The molecule has 1 heteroatoms. The summed E-state index contributed by atoms with van der Waals surface area (Å²) in [6.07, 6.45) is 22.3. The first-order valence-corrected chi connectivity index (χ1v) is 16.1. The molecule has 1 atom stereocenters. The molecule has 4 aromatic carbocycles. The zero-order valence-electron chi connectivity index (χ0n) is 23.1. The molecule has 0 spiro atoms. The van der Waals surface area contributed by atoms with Crippen molar-refractivity contribution in [2.24, 2.45) is 0 Å². The van der Waals surface area contributed by atoms with Crippen molar-refractivity contribution in [2.45, 2.75) is 114 Å². The predicted molar refractivity (Wildman–Crippen MR) is 170 cm³/mol. The Bertz CT molecular complexity index is 1220. The van der Waals surface area contributed by atoms with E-state index in [1.165, 1.54) is 134 Å². The quantitative estimate of drug-likeness (QED) is 0.0686. The number of unbranched alkanes of at least 4 members (excludes halogenated alkanes) is 12. The highest BCUT2D eigenvalue weighted by atomic mass is 79.9. The van der Waals surface area contributed by atoms with Crippen LogP contribution in [0.5, 0.6) is 0 Å². The van der Waals surface area contributed by atoms with Crippen LogP contribution in [-0.2, 0) is 6.42 Å². The number of alkyl halides is 1. The lowest BCUT2D eigenvalue weighted by Crippen LogP contribution is -2.00. The summed E-state index contributed by atoms with van der Waals surface area (Å²) >= 11 is 3.97. The summed E-state index contributed by atoms with van der Waals surface area (Å²) in [6, 6.07) is 25.1. The second-order valence-corrected chi connectivity index (χ2v) is 12.5. The summed E-state index contributed by atoms with van der Waals surface area (Å²) in [5.41, 5.74) is 1.46. The van der Waals surface area contributed by atoms with Crippen LogP contribution >= 0.6 is 15.9 Å². The molecule has 0 saturated carbocycles. The molecule has 0 N–H and O–H groups in total. The van der Waals surface area contributed by atoms with Crippen LogP contribution in [0.25, 0.3) is 32.3 Å². The Morgan fingerprint density at radius 3 is 1.51 bits per heavy atom. The molecule has 1 unspecified atom stereocenters. The summed E-state index contributed by atoms with van der Waals surface area (Å²) in [5, 5.41) is 8.01. The largest absolute Gasteiger partial charge is 0.0891 e. The highest BCUT2D eigenvalue weighted by Crippen LogP contribution is 2.29.